The number of aliphatic hydroxyl groups is 2. The number of hydrogen-bond donors (Lipinski definition) is 4. The van der Waals surface area contributed by atoms with Gasteiger partial charge >= 0.3 is 12.1 Å². The van der Waals surface area contributed by atoms with Crippen molar-refractivity contribution in [1.82, 2.24) is 4.90 Å². The van der Waals surface area contributed by atoms with Crippen molar-refractivity contribution in [3.05, 3.63) is 61.9 Å². The van der Waals surface area contributed by atoms with E-state index in [0.717, 1.165) is 0 Å². The Bertz CT molecular complexity index is 1440. The molecule has 4 N–H and O–H groups in total. The molecule has 2 atom stereocenters. The maximum atomic E-state index is 13.9. The minimum atomic E-state index is -4.97. The van der Waals surface area contributed by atoms with Crippen LogP contribution in [0, 0.1) is 0 Å². The van der Waals surface area contributed by atoms with Gasteiger partial charge in [0.05, 0.1) is 27.5 Å². The number of hydrogen-bond acceptors (Lipinski definition) is 9. The fourth-order valence-corrected chi connectivity index (χ4v) is 4.03. The van der Waals surface area contributed by atoms with Crippen molar-refractivity contribution in [3.63, 3.8) is 0 Å². The summed E-state index contributed by atoms with van der Waals surface area (Å²) in [5.74, 6) is -5.55. The first-order chi connectivity index (χ1) is 18.5. The predicted octanol–water partition coefficient (Wildman–Crippen LogP) is 2.88. The number of carbonyl (C=O) groups excluding carboxylic acids is 1. The van der Waals surface area contributed by atoms with Crippen molar-refractivity contribution in [3.8, 4) is 16.9 Å². The topological polar surface area (TPSA) is 172 Å². The number of phenols is 1. The Kier molecular flexibility index (Phi) is 10.9. The smallest absolute Gasteiger partial charge is 0.450 e. The Hall–Kier alpha value is -3.36. The van der Waals surface area contributed by atoms with Gasteiger partial charge in [-0.2, -0.15) is 13.2 Å². The molecule has 0 saturated heterocycles. The molecule has 15 heteroatoms. The Labute approximate surface area is 234 Å². The molecule has 2 aromatic carbocycles. The third kappa shape index (κ3) is 7.43. The van der Waals surface area contributed by atoms with Crippen molar-refractivity contribution in [2.24, 2.45) is 0 Å². The molecular weight excluding hydrogens is 586 g/mol. The first-order valence-corrected chi connectivity index (χ1v) is 12.2. The second-order valence-electron chi connectivity index (χ2n) is 8.21. The minimum Gasteiger partial charge on any atom is -0.547 e. The first-order valence-electron chi connectivity index (χ1n) is 11.4. The molecule has 1 aromatic heterocycles. The highest BCUT2D eigenvalue weighted by atomic mass is 35.5. The van der Waals surface area contributed by atoms with Gasteiger partial charge in [0.25, 0.3) is 0 Å². The summed E-state index contributed by atoms with van der Waals surface area (Å²) in [5.41, 5.74) is -1.91. The molecule has 0 spiro atoms. The van der Waals surface area contributed by atoms with E-state index >= 15 is 0 Å². The van der Waals surface area contributed by atoms with Gasteiger partial charge in [0, 0.05) is 17.1 Å². The minimum absolute atomic E-state index is 0.0797. The van der Waals surface area contributed by atoms with E-state index in [1.807, 2.05) is 18.7 Å². The number of halogens is 5. The van der Waals surface area contributed by atoms with Crippen LogP contribution in [0.1, 0.15) is 25.2 Å². The SMILES string of the molecule is CCN(CC)Cc1c(O)ccc2c(=O)c(-c3ccc(Cl)cc3Cl)c(C(F)(F)F)oc12.O=C([O-])C(O)C(O)C(=O)O. The van der Waals surface area contributed by atoms with Crippen molar-refractivity contribution < 1.29 is 52.7 Å². The Balaban J connectivity index is 0.000000478. The van der Waals surface area contributed by atoms with Crippen LogP contribution >= 0.6 is 23.2 Å². The Morgan fingerprint density at radius 1 is 1.07 bits per heavy atom. The number of benzene rings is 2. The van der Waals surface area contributed by atoms with Gasteiger partial charge < -0.3 is 34.7 Å². The van der Waals surface area contributed by atoms with E-state index in [9.17, 15) is 37.8 Å². The lowest BCUT2D eigenvalue weighted by Gasteiger charge is -2.20. The summed E-state index contributed by atoms with van der Waals surface area (Å²) in [4.78, 5) is 34.5. The highest BCUT2D eigenvalue weighted by Gasteiger charge is 2.40. The van der Waals surface area contributed by atoms with E-state index in [1.165, 1.54) is 30.3 Å². The lowest BCUT2D eigenvalue weighted by molar-refractivity contribution is -0.318. The van der Waals surface area contributed by atoms with E-state index in [4.69, 9.17) is 42.9 Å². The van der Waals surface area contributed by atoms with Crippen LogP contribution < -0.4 is 10.5 Å². The van der Waals surface area contributed by atoms with Crippen LogP contribution in [0.3, 0.4) is 0 Å². The van der Waals surface area contributed by atoms with Gasteiger partial charge in [-0.15, -0.1) is 0 Å². The Morgan fingerprint density at radius 2 is 1.68 bits per heavy atom. The van der Waals surface area contributed by atoms with Gasteiger partial charge in [-0.25, -0.2) is 4.79 Å². The number of phenolic OH excluding ortho intramolecular Hbond substituents is 1. The van der Waals surface area contributed by atoms with Crippen LogP contribution in [0.2, 0.25) is 10.0 Å². The zero-order valence-corrected chi connectivity index (χ0v) is 22.3. The molecule has 218 valence electrons. The van der Waals surface area contributed by atoms with Gasteiger partial charge in [-0.1, -0.05) is 43.1 Å². The summed E-state index contributed by atoms with van der Waals surface area (Å²) < 4.78 is 47.0. The summed E-state index contributed by atoms with van der Waals surface area (Å²) >= 11 is 11.9. The van der Waals surface area contributed by atoms with Gasteiger partial charge in [-0.05, 0) is 37.4 Å². The third-order valence-corrected chi connectivity index (χ3v) is 6.21. The lowest BCUT2D eigenvalue weighted by atomic mass is 10.00. The zero-order chi connectivity index (χ0) is 30.5. The van der Waals surface area contributed by atoms with E-state index in [2.05, 4.69) is 0 Å². The number of alkyl halides is 3. The molecule has 10 nitrogen and oxygen atoms in total. The fourth-order valence-electron chi connectivity index (χ4n) is 3.53. The lowest BCUT2D eigenvalue weighted by Crippen LogP contribution is -2.46. The summed E-state index contributed by atoms with van der Waals surface area (Å²) in [5, 5.41) is 44.4. The number of nitrogens with zero attached hydrogens (tertiary/aromatic N) is 1. The van der Waals surface area contributed by atoms with Crippen molar-refractivity contribution in [1.29, 1.82) is 0 Å². The fraction of sp³-hybridized carbons (Fsp3) is 0.320. The summed E-state index contributed by atoms with van der Waals surface area (Å²) in [6, 6.07) is 6.36. The number of carbonyl (C=O) groups is 2. The van der Waals surface area contributed by atoms with Crippen molar-refractivity contribution >= 4 is 46.1 Å². The monoisotopic (exact) mass is 608 g/mol. The Morgan fingerprint density at radius 3 is 2.12 bits per heavy atom. The van der Waals surface area contributed by atoms with Crippen molar-refractivity contribution in [2.45, 2.75) is 38.8 Å². The molecule has 2 unspecified atom stereocenters. The second-order valence-corrected chi connectivity index (χ2v) is 9.05. The van der Waals surface area contributed by atoms with Crippen LogP contribution in [0.5, 0.6) is 5.75 Å². The molecule has 0 aliphatic heterocycles. The molecule has 0 radical (unpaired) electrons. The average Bonchev–Trinajstić information content (AvgIpc) is 2.87. The molecule has 0 amide bonds. The number of carboxylic acids is 2. The van der Waals surface area contributed by atoms with Gasteiger partial charge in [0.15, 0.2) is 6.10 Å². The molecule has 0 aliphatic rings. The van der Waals surface area contributed by atoms with Crippen molar-refractivity contribution in [2.75, 3.05) is 13.1 Å². The summed E-state index contributed by atoms with van der Waals surface area (Å²) in [7, 11) is 0. The average molecular weight is 609 g/mol. The number of aliphatic hydroxyl groups excluding tert-OH is 2. The molecule has 0 saturated carbocycles. The molecule has 0 aliphatic carbocycles. The maximum Gasteiger partial charge on any atom is 0.450 e. The van der Waals surface area contributed by atoms with Gasteiger partial charge in [0.1, 0.15) is 17.4 Å². The quantitative estimate of drug-likeness (QED) is 0.298. The number of carboxylic acid groups (broad SMARTS) is 2. The van der Waals surface area contributed by atoms with E-state index in [0.29, 0.717) is 13.1 Å². The number of rotatable bonds is 8. The van der Waals surface area contributed by atoms with Crippen LogP contribution in [-0.4, -0.2) is 62.6 Å². The second kappa shape index (κ2) is 13.3. The number of aromatic hydroxyl groups is 1. The normalized spacial score (nSPS) is 13.1. The standard InChI is InChI=1S/C21H18Cl2F3NO3.C4H6O6/c1-3-27(4-2)10-14-16(28)8-7-13-18(29)17(12-6-5-11(22)9-15(12)23)20(21(24,25)26)30-19(13)14;5-1(3(7)8)2(6)4(9)10/h5-9,28H,3-4,10H2,1-2H3;1-2,5-6H,(H,7,8)(H,9,10)/p-1. The van der Waals surface area contributed by atoms with Crippen LogP contribution in [-0.2, 0) is 22.3 Å². The predicted molar refractivity (Wildman–Crippen MR) is 136 cm³/mol. The molecule has 0 bridgehead atoms. The van der Waals surface area contributed by atoms with Crippen LogP contribution in [0.15, 0.2) is 39.5 Å². The van der Waals surface area contributed by atoms with Crippen LogP contribution in [0.25, 0.3) is 22.1 Å². The van der Waals surface area contributed by atoms with Gasteiger partial charge in [-0.3, -0.25) is 9.69 Å². The maximum absolute atomic E-state index is 13.9. The van der Waals surface area contributed by atoms with E-state index < -0.39 is 47.1 Å². The molecule has 1 heterocycles. The summed E-state index contributed by atoms with van der Waals surface area (Å²) in [6.45, 7) is 5.08. The summed E-state index contributed by atoms with van der Waals surface area (Å²) in [6.07, 6.45) is -9.67. The number of aliphatic carboxylic acids is 2. The zero-order valence-electron chi connectivity index (χ0n) is 20.8. The molecule has 3 aromatic rings. The molecule has 40 heavy (non-hydrogen) atoms. The molecular formula is C25H23Cl2F3NO9-. The van der Waals surface area contributed by atoms with E-state index in [-0.39, 0.29) is 44.4 Å². The first kappa shape index (κ1) is 32.8. The highest BCUT2D eigenvalue weighted by molar-refractivity contribution is 6.36. The highest BCUT2D eigenvalue weighted by Crippen LogP contribution is 2.41. The number of fused-ring (bicyclic) bond motifs is 1. The molecule has 0 fully saturated rings. The van der Waals surface area contributed by atoms with Gasteiger partial charge in [0.2, 0.25) is 11.2 Å². The molecule has 3 rings (SSSR count). The van der Waals surface area contributed by atoms with Crippen LogP contribution in [0.4, 0.5) is 13.2 Å². The van der Waals surface area contributed by atoms with E-state index in [1.54, 1.807) is 0 Å². The largest absolute Gasteiger partial charge is 0.547 e. The third-order valence-electron chi connectivity index (χ3n) is 5.67.